The fourth-order valence-corrected chi connectivity index (χ4v) is 2.92. The Balaban J connectivity index is 2.07. The number of anilines is 1. The Morgan fingerprint density at radius 2 is 1.92 bits per heavy atom. The van der Waals surface area contributed by atoms with E-state index in [0.29, 0.717) is 22.2 Å². The standard InChI is InChI=1S/C18H21ClFN3S/c1-12-7-4-5-10-15(12)22-18(24)21-11-16(23(2)3)17-13(19)8-6-9-14(17)20/h4-10,16H,11H2,1-3H3,(H2,21,22,24)/t16-/m0/s1. The molecule has 0 saturated carbocycles. The van der Waals surface area contributed by atoms with Crippen LogP contribution in [0.15, 0.2) is 42.5 Å². The number of benzene rings is 2. The summed E-state index contributed by atoms with van der Waals surface area (Å²) in [6.07, 6.45) is 0. The Kier molecular flexibility index (Phi) is 6.54. The van der Waals surface area contributed by atoms with E-state index >= 15 is 0 Å². The minimum atomic E-state index is -0.319. The fourth-order valence-electron chi connectivity index (χ4n) is 2.44. The van der Waals surface area contributed by atoms with Crippen molar-refractivity contribution in [1.29, 1.82) is 0 Å². The molecule has 0 amide bonds. The SMILES string of the molecule is Cc1ccccc1NC(=S)NC[C@@H](c1c(F)cccc1Cl)N(C)C. The van der Waals surface area contributed by atoms with Gasteiger partial charge in [0.2, 0.25) is 0 Å². The van der Waals surface area contributed by atoms with Crippen molar-refractivity contribution in [3.8, 4) is 0 Å². The van der Waals surface area contributed by atoms with Gasteiger partial charge in [-0.15, -0.1) is 0 Å². The van der Waals surface area contributed by atoms with Crippen LogP contribution in [-0.2, 0) is 0 Å². The van der Waals surface area contributed by atoms with Crippen LogP contribution in [0.5, 0.6) is 0 Å². The fraction of sp³-hybridized carbons (Fsp3) is 0.278. The number of nitrogens with one attached hydrogen (secondary N) is 2. The highest BCUT2D eigenvalue weighted by Gasteiger charge is 2.21. The van der Waals surface area contributed by atoms with Gasteiger partial charge in [-0.05, 0) is 57.0 Å². The lowest BCUT2D eigenvalue weighted by Gasteiger charge is -2.27. The summed E-state index contributed by atoms with van der Waals surface area (Å²) in [6, 6.07) is 12.4. The maximum atomic E-state index is 14.2. The molecule has 128 valence electrons. The van der Waals surface area contributed by atoms with Crippen molar-refractivity contribution in [2.24, 2.45) is 0 Å². The van der Waals surface area contributed by atoms with E-state index in [-0.39, 0.29) is 11.9 Å². The molecule has 2 N–H and O–H groups in total. The van der Waals surface area contributed by atoms with E-state index in [9.17, 15) is 4.39 Å². The van der Waals surface area contributed by atoms with Crippen LogP contribution in [0.25, 0.3) is 0 Å². The zero-order chi connectivity index (χ0) is 17.7. The number of hydrogen-bond donors (Lipinski definition) is 2. The third-order valence-electron chi connectivity index (χ3n) is 3.81. The normalized spacial score (nSPS) is 12.1. The summed E-state index contributed by atoms with van der Waals surface area (Å²) >= 11 is 11.5. The van der Waals surface area contributed by atoms with Crippen molar-refractivity contribution in [1.82, 2.24) is 10.2 Å². The Morgan fingerprint density at radius 1 is 1.21 bits per heavy atom. The van der Waals surface area contributed by atoms with Crippen molar-refractivity contribution < 1.29 is 4.39 Å². The minimum Gasteiger partial charge on any atom is -0.361 e. The second kappa shape index (κ2) is 8.42. The van der Waals surface area contributed by atoms with Crippen LogP contribution in [-0.4, -0.2) is 30.7 Å². The molecule has 2 aromatic carbocycles. The van der Waals surface area contributed by atoms with E-state index in [2.05, 4.69) is 10.6 Å². The Morgan fingerprint density at radius 3 is 2.54 bits per heavy atom. The molecule has 24 heavy (non-hydrogen) atoms. The second-order valence-corrected chi connectivity index (χ2v) is 6.58. The number of aryl methyl sites for hydroxylation is 1. The lowest BCUT2D eigenvalue weighted by Crippen LogP contribution is -2.37. The zero-order valence-corrected chi connectivity index (χ0v) is 15.5. The summed E-state index contributed by atoms with van der Waals surface area (Å²) in [7, 11) is 3.76. The van der Waals surface area contributed by atoms with Crippen LogP contribution in [0.2, 0.25) is 5.02 Å². The number of likely N-dealkylation sites (N-methyl/N-ethyl adjacent to an activating group) is 1. The van der Waals surface area contributed by atoms with Crippen LogP contribution in [0.3, 0.4) is 0 Å². The highest BCUT2D eigenvalue weighted by molar-refractivity contribution is 7.80. The number of nitrogens with zero attached hydrogens (tertiary/aromatic N) is 1. The van der Waals surface area contributed by atoms with Gasteiger partial charge in [0, 0.05) is 22.8 Å². The van der Waals surface area contributed by atoms with Crippen LogP contribution in [0, 0.1) is 12.7 Å². The van der Waals surface area contributed by atoms with Crippen LogP contribution in [0.4, 0.5) is 10.1 Å². The molecule has 0 aliphatic heterocycles. The van der Waals surface area contributed by atoms with Gasteiger partial charge in [-0.2, -0.15) is 0 Å². The summed E-state index contributed by atoms with van der Waals surface area (Å²) in [5, 5.41) is 7.21. The molecule has 6 heteroatoms. The molecule has 0 aromatic heterocycles. The van der Waals surface area contributed by atoms with Crippen molar-refractivity contribution >= 4 is 34.6 Å². The molecule has 0 fully saturated rings. The predicted octanol–water partition coefficient (Wildman–Crippen LogP) is 4.38. The van der Waals surface area contributed by atoms with E-state index < -0.39 is 0 Å². The van der Waals surface area contributed by atoms with Gasteiger partial charge in [0.05, 0.1) is 6.04 Å². The van der Waals surface area contributed by atoms with E-state index in [1.54, 1.807) is 12.1 Å². The highest BCUT2D eigenvalue weighted by Crippen LogP contribution is 2.28. The molecule has 1 atom stereocenters. The average Bonchev–Trinajstić information content (AvgIpc) is 2.52. The first-order chi connectivity index (χ1) is 11.4. The molecule has 3 nitrogen and oxygen atoms in total. The molecule has 0 bridgehead atoms. The molecule has 0 unspecified atom stereocenters. The summed E-state index contributed by atoms with van der Waals surface area (Å²) in [5.41, 5.74) is 2.51. The van der Waals surface area contributed by atoms with E-state index in [1.807, 2.05) is 50.2 Å². The molecular weight excluding hydrogens is 345 g/mol. The van der Waals surface area contributed by atoms with Crippen molar-refractivity contribution in [2.45, 2.75) is 13.0 Å². The van der Waals surface area contributed by atoms with Crippen LogP contribution in [0.1, 0.15) is 17.2 Å². The second-order valence-electron chi connectivity index (χ2n) is 5.76. The van der Waals surface area contributed by atoms with Gasteiger partial charge in [-0.25, -0.2) is 4.39 Å². The topological polar surface area (TPSA) is 27.3 Å². The van der Waals surface area contributed by atoms with Gasteiger partial charge in [-0.1, -0.05) is 35.9 Å². The van der Waals surface area contributed by atoms with Gasteiger partial charge in [0.15, 0.2) is 5.11 Å². The first-order valence-corrected chi connectivity index (χ1v) is 8.39. The zero-order valence-electron chi connectivity index (χ0n) is 13.9. The number of thiocarbonyl (C=S) groups is 1. The molecule has 0 aliphatic carbocycles. The molecule has 2 rings (SSSR count). The molecule has 0 heterocycles. The van der Waals surface area contributed by atoms with Gasteiger partial charge >= 0.3 is 0 Å². The number of rotatable bonds is 5. The van der Waals surface area contributed by atoms with E-state index in [0.717, 1.165) is 11.3 Å². The van der Waals surface area contributed by atoms with Gasteiger partial charge in [0.25, 0.3) is 0 Å². The molecular formula is C18H21ClFN3S. The number of para-hydroxylation sites is 1. The third-order valence-corrected chi connectivity index (χ3v) is 4.38. The first-order valence-electron chi connectivity index (χ1n) is 7.61. The van der Waals surface area contributed by atoms with Crippen molar-refractivity contribution in [3.63, 3.8) is 0 Å². The maximum Gasteiger partial charge on any atom is 0.170 e. The van der Waals surface area contributed by atoms with Crippen LogP contribution < -0.4 is 10.6 Å². The minimum absolute atomic E-state index is 0.240. The van der Waals surface area contributed by atoms with Gasteiger partial charge in [-0.3, -0.25) is 0 Å². The summed E-state index contributed by atoms with van der Waals surface area (Å²) in [6.45, 7) is 2.44. The van der Waals surface area contributed by atoms with E-state index in [1.165, 1.54) is 6.07 Å². The molecule has 0 spiro atoms. The lowest BCUT2D eigenvalue weighted by atomic mass is 10.1. The third kappa shape index (κ3) is 4.66. The monoisotopic (exact) mass is 365 g/mol. The summed E-state index contributed by atoms with van der Waals surface area (Å²) in [5.74, 6) is -0.319. The summed E-state index contributed by atoms with van der Waals surface area (Å²) < 4.78 is 14.2. The average molecular weight is 366 g/mol. The largest absolute Gasteiger partial charge is 0.361 e. The smallest absolute Gasteiger partial charge is 0.170 e. The van der Waals surface area contributed by atoms with Crippen molar-refractivity contribution in [3.05, 3.63) is 64.4 Å². The maximum absolute atomic E-state index is 14.2. The van der Waals surface area contributed by atoms with Gasteiger partial charge in [0.1, 0.15) is 5.82 Å². The Bertz CT molecular complexity index is 701. The molecule has 0 aliphatic rings. The number of hydrogen-bond acceptors (Lipinski definition) is 2. The lowest BCUT2D eigenvalue weighted by molar-refractivity contribution is 0.292. The summed E-state index contributed by atoms with van der Waals surface area (Å²) in [4.78, 5) is 1.91. The quantitative estimate of drug-likeness (QED) is 0.769. The first kappa shape index (κ1) is 18.6. The number of halogens is 2. The Labute approximate surface area is 152 Å². The Hall–Kier alpha value is -1.69. The predicted molar refractivity (Wildman–Crippen MR) is 103 cm³/mol. The molecule has 2 aromatic rings. The van der Waals surface area contributed by atoms with Crippen LogP contribution >= 0.6 is 23.8 Å². The van der Waals surface area contributed by atoms with Gasteiger partial charge < -0.3 is 15.5 Å². The molecule has 0 saturated heterocycles. The van der Waals surface area contributed by atoms with Crippen molar-refractivity contribution in [2.75, 3.05) is 26.0 Å². The highest BCUT2D eigenvalue weighted by atomic mass is 35.5. The van der Waals surface area contributed by atoms with E-state index in [4.69, 9.17) is 23.8 Å². The molecule has 0 radical (unpaired) electrons.